The number of urea groups is 1. The fraction of sp³-hybridized carbons (Fsp3) is 0.318. The number of aromatic nitrogens is 1. The number of aryl methyl sites for hydroxylation is 1. The van der Waals surface area contributed by atoms with Crippen molar-refractivity contribution in [3.8, 4) is 5.75 Å². The number of rotatable bonds is 4. The molecule has 0 aliphatic carbocycles. The van der Waals surface area contributed by atoms with Crippen LogP contribution >= 0.6 is 0 Å². The van der Waals surface area contributed by atoms with Gasteiger partial charge in [-0.1, -0.05) is 18.2 Å². The van der Waals surface area contributed by atoms with Crippen molar-refractivity contribution in [1.29, 1.82) is 0 Å². The molecule has 0 bridgehead atoms. The number of piperazine rings is 1. The first kappa shape index (κ1) is 18.4. The van der Waals surface area contributed by atoms with Crippen LogP contribution in [0, 0.1) is 0 Å². The molecule has 146 valence electrons. The van der Waals surface area contributed by atoms with Gasteiger partial charge in [-0.25, -0.2) is 4.79 Å². The Hall–Kier alpha value is -2.99. The van der Waals surface area contributed by atoms with E-state index in [0.29, 0.717) is 0 Å². The molecule has 0 unspecified atom stereocenters. The van der Waals surface area contributed by atoms with E-state index in [0.717, 1.165) is 44.2 Å². The van der Waals surface area contributed by atoms with E-state index in [9.17, 15) is 4.79 Å². The lowest BCUT2D eigenvalue weighted by atomic mass is 10.1. The third-order valence-corrected chi connectivity index (χ3v) is 5.37. The second kappa shape index (κ2) is 7.94. The van der Waals surface area contributed by atoms with Crippen LogP contribution in [0.2, 0.25) is 0 Å². The molecule has 1 aliphatic rings. The highest BCUT2D eigenvalue weighted by atomic mass is 16.5. The lowest BCUT2D eigenvalue weighted by molar-refractivity contribution is 0.143. The Morgan fingerprint density at radius 1 is 1.04 bits per heavy atom. The minimum Gasteiger partial charge on any atom is -0.497 e. The Kier molecular flexibility index (Phi) is 5.21. The van der Waals surface area contributed by atoms with Gasteiger partial charge in [0.1, 0.15) is 5.75 Å². The molecule has 1 N–H and O–H groups in total. The molecule has 2 amide bonds. The Morgan fingerprint density at radius 2 is 1.75 bits per heavy atom. The predicted molar refractivity (Wildman–Crippen MR) is 112 cm³/mol. The number of benzene rings is 2. The van der Waals surface area contributed by atoms with Gasteiger partial charge in [0.25, 0.3) is 0 Å². The van der Waals surface area contributed by atoms with E-state index in [1.54, 1.807) is 7.11 Å². The van der Waals surface area contributed by atoms with Crippen LogP contribution in [0.4, 0.5) is 10.5 Å². The summed E-state index contributed by atoms with van der Waals surface area (Å²) in [6.45, 7) is 4.12. The van der Waals surface area contributed by atoms with Gasteiger partial charge in [-0.2, -0.15) is 0 Å². The average Bonchev–Trinajstić information content (AvgIpc) is 3.05. The van der Waals surface area contributed by atoms with E-state index in [1.165, 1.54) is 16.5 Å². The first-order valence-electron chi connectivity index (χ1n) is 9.59. The average molecular weight is 378 g/mol. The van der Waals surface area contributed by atoms with Crippen molar-refractivity contribution in [2.24, 2.45) is 7.05 Å². The van der Waals surface area contributed by atoms with Crippen LogP contribution in [0.15, 0.2) is 54.7 Å². The molecule has 0 radical (unpaired) electrons. The Morgan fingerprint density at radius 3 is 2.46 bits per heavy atom. The topological polar surface area (TPSA) is 49.7 Å². The summed E-state index contributed by atoms with van der Waals surface area (Å²) in [6, 6.07) is 15.9. The molecule has 1 fully saturated rings. The maximum absolute atomic E-state index is 12.5. The second-order valence-corrected chi connectivity index (χ2v) is 7.20. The maximum atomic E-state index is 12.5. The molecule has 4 rings (SSSR count). The third-order valence-electron chi connectivity index (χ3n) is 5.37. The van der Waals surface area contributed by atoms with E-state index in [2.05, 4.69) is 52.3 Å². The quantitative estimate of drug-likeness (QED) is 0.756. The van der Waals surface area contributed by atoms with Crippen LogP contribution in [-0.4, -0.2) is 53.7 Å². The lowest BCUT2D eigenvalue weighted by Crippen LogP contribution is -2.49. The van der Waals surface area contributed by atoms with Gasteiger partial charge in [-0.3, -0.25) is 4.90 Å². The Balaban J connectivity index is 1.33. The summed E-state index contributed by atoms with van der Waals surface area (Å²) in [5.41, 5.74) is 3.38. The van der Waals surface area contributed by atoms with Gasteiger partial charge in [0.15, 0.2) is 0 Å². The molecule has 6 nitrogen and oxygen atoms in total. The number of nitrogens with zero attached hydrogens (tertiary/aromatic N) is 3. The van der Waals surface area contributed by atoms with E-state index < -0.39 is 0 Å². The van der Waals surface area contributed by atoms with E-state index >= 15 is 0 Å². The predicted octanol–water partition coefficient (Wildman–Crippen LogP) is 3.54. The van der Waals surface area contributed by atoms with Crippen LogP contribution in [0.3, 0.4) is 0 Å². The van der Waals surface area contributed by atoms with Crippen molar-refractivity contribution >= 4 is 22.6 Å². The standard InChI is InChI=1S/C22H26N4O2/c1-24-15-17(20-5-3-4-6-21(20)24)16-25-11-13-26(14-12-25)22(27)23-18-7-9-19(28-2)10-8-18/h3-10,15H,11-14,16H2,1-2H3,(H,23,27). The van der Waals surface area contributed by atoms with Gasteiger partial charge < -0.3 is 19.5 Å². The Bertz CT molecular complexity index is 956. The summed E-state index contributed by atoms with van der Waals surface area (Å²) in [4.78, 5) is 16.8. The number of nitrogens with one attached hydrogen (secondary N) is 1. The summed E-state index contributed by atoms with van der Waals surface area (Å²) in [6.07, 6.45) is 2.22. The van der Waals surface area contributed by atoms with Gasteiger partial charge in [0.05, 0.1) is 7.11 Å². The van der Waals surface area contributed by atoms with Crippen LogP contribution in [-0.2, 0) is 13.6 Å². The van der Waals surface area contributed by atoms with Crippen molar-refractivity contribution < 1.29 is 9.53 Å². The molecule has 0 saturated carbocycles. The number of hydrogen-bond donors (Lipinski definition) is 1. The molecule has 0 spiro atoms. The molecular formula is C22H26N4O2. The molecule has 1 aromatic heterocycles. The number of carbonyl (C=O) groups excluding carboxylic acids is 1. The van der Waals surface area contributed by atoms with E-state index in [1.807, 2.05) is 29.2 Å². The van der Waals surface area contributed by atoms with Crippen molar-refractivity contribution in [2.75, 3.05) is 38.6 Å². The van der Waals surface area contributed by atoms with Gasteiger partial charge in [-0.05, 0) is 35.9 Å². The molecule has 1 saturated heterocycles. The molecule has 2 aromatic carbocycles. The van der Waals surface area contributed by atoms with E-state index in [-0.39, 0.29) is 6.03 Å². The molecule has 0 atom stereocenters. The summed E-state index contributed by atoms with van der Waals surface area (Å²) in [5, 5.41) is 4.27. The van der Waals surface area contributed by atoms with E-state index in [4.69, 9.17) is 4.74 Å². The largest absolute Gasteiger partial charge is 0.497 e. The lowest BCUT2D eigenvalue weighted by Gasteiger charge is -2.34. The van der Waals surface area contributed by atoms with Gasteiger partial charge in [-0.15, -0.1) is 0 Å². The zero-order valence-corrected chi connectivity index (χ0v) is 16.4. The van der Waals surface area contributed by atoms with Crippen LogP contribution in [0.1, 0.15) is 5.56 Å². The summed E-state index contributed by atoms with van der Waals surface area (Å²) in [7, 11) is 3.72. The van der Waals surface area contributed by atoms with Gasteiger partial charge >= 0.3 is 6.03 Å². The molecule has 2 heterocycles. The highest BCUT2D eigenvalue weighted by Gasteiger charge is 2.22. The number of hydrogen-bond acceptors (Lipinski definition) is 3. The number of para-hydroxylation sites is 1. The summed E-state index contributed by atoms with van der Waals surface area (Å²) >= 11 is 0. The highest BCUT2D eigenvalue weighted by molar-refractivity contribution is 5.89. The fourth-order valence-electron chi connectivity index (χ4n) is 3.78. The van der Waals surface area contributed by atoms with Crippen molar-refractivity contribution in [2.45, 2.75) is 6.54 Å². The molecule has 6 heteroatoms. The zero-order chi connectivity index (χ0) is 19.5. The van der Waals surface area contributed by atoms with Crippen molar-refractivity contribution in [1.82, 2.24) is 14.4 Å². The third kappa shape index (κ3) is 3.82. The summed E-state index contributed by atoms with van der Waals surface area (Å²) in [5.74, 6) is 0.778. The number of anilines is 1. The number of carbonyl (C=O) groups is 1. The summed E-state index contributed by atoms with van der Waals surface area (Å²) < 4.78 is 7.33. The number of ether oxygens (including phenoxy) is 1. The van der Waals surface area contributed by atoms with Gasteiger partial charge in [0.2, 0.25) is 0 Å². The van der Waals surface area contributed by atoms with Crippen LogP contribution in [0.25, 0.3) is 10.9 Å². The monoisotopic (exact) mass is 378 g/mol. The highest BCUT2D eigenvalue weighted by Crippen LogP contribution is 2.22. The van der Waals surface area contributed by atoms with Crippen LogP contribution < -0.4 is 10.1 Å². The molecular weight excluding hydrogens is 352 g/mol. The number of methoxy groups -OCH3 is 1. The second-order valence-electron chi connectivity index (χ2n) is 7.20. The SMILES string of the molecule is COc1ccc(NC(=O)N2CCN(Cc3cn(C)c4ccccc34)CC2)cc1. The van der Waals surface area contributed by atoms with Crippen molar-refractivity contribution in [3.05, 3.63) is 60.3 Å². The van der Waals surface area contributed by atoms with Crippen molar-refractivity contribution in [3.63, 3.8) is 0 Å². The minimum atomic E-state index is -0.0463. The first-order chi connectivity index (χ1) is 13.6. The normalized spacial score (nSPS) is 15.0. The fourth-order valence-corrected chi connectivity index (χ4v) is 3.78. The first-order valence-corrected chi connectivity index (χ1v) is 9.59. The van der Waals surface area contributed by atoms with Crippen LogP contribution in [0.5, 0.6) is 5.75 Å². The molecule has 28 heavy (non-hydrogen) atoms. The number of amides is 2. The number of fused-ring (bicyclic) bond motifs is 1. The minimum absolute atomic E-state index is 0.0463. The Labute approximate surface area is 165 Å². The zero-order valence-electron chi connectivity index (χ0n) is 16.4. The maximum Gasteiger partial charge on any atom is 0.321 e. The molecule has 3 aromatic rings. The molecule has 1 aliphatic heterocycles. The smallest absolute Gasteiger partial charge is 0.321 e. The van der Waals surface area contributed by atoms with Gasteiger partial charge in [0, 0.05) is 62.6 Å².